The topological polar surface area (TPSA) is 30.7 Å². The molecule has 0 N–H and O–H groups in total. The van der Waals surface area contributed by atoms with Crippen molar-refractivity contribution < 1.29 is 8.78 Å². The number of alkyl halides is 2. The molecular formula is C17H13Cl2F2N3. The summed E-state index contributed by atoms with van der Waals surface area (Å²) in [5.74, 6) is 0.267. The number of aryl methyl sites for hydroxylation is 1. The normalized spacial score (nSPS) is 14.8. The van der Waals surface area contributed by atoms with Gasteiger partial charge >= 0.3 is 0 Å². The van der Waals surface area contributed by atoms with Gasteiger partial charge in [0.1, 0.15) is 0 Å². The lowest BCUT2D eigenvalue weighted by Crippen LogP contribution is -1.96. The van der Waals surface area contributed by atoms with Crippen molar-refractivity contribution in [3.8, 4) is 11.3 Å². The molecule has 3 aromatic rings. The van der Waals surface area contributed by atoms with Crippen LogP contribution in [-0.2, 0) is 7.05 Å². The molecule has 0 amide bonds. The molecule has 1 aromatic carbocycles. The first kappa shape index (κ1) is 15.8. The van der Waals surface area contributed by atoms with E-state index in [1.807, 2.05) is 0 Å². The van der Waals surface area contributed by atoms with E-state index in [1.54, 1.807) is 29.9 Å². The van der Waals surface area contributed by atoms with Crippen molar-refractivity contribution in [1.29, 1.82) is 0 Å². The summed E-state index contributed by atoms with van der Waals surface area (Å²) in [7, 11) is 1.73. The van der Waals surface area contributed by atoms with Gasteiger partial charge in [-0.1, -0.05) is 29.3 Å². The Kier molecular flexibility index (Phi) is 3.73. The molecule has 0 spiro atoms. The van der Waals surface area contributed by atoms with Crippen LogP contribution in [0.25, 0.3) is 22.3 Å². The zero-order valence-corrected chi connectivity index (χ0v) is 14.2. The summed E-state index contributed by atoms with van der Waals surface area (Å²) in [5, 5.41) is 5.69. The summed E-state index contributed by atoms with van der Waals surface area (Å²) >= 11 is 12.0. The van der Waals surface area contributed by atoms with E-state index < -0.39 is 6.43 Å². The van der Waals surface area contributed by atoms with Crippen molar-refractivity contribution in [2.45, 2.75) is 25.2 Å². The van der Waals surface area contributed by atoms with Crippen molar-refractivity contribution >= 4 is 34.2 Å². The van der Waals surface area contributed by atoms with Crippen LogP contribution in [0, 0.1) is 0 Å². The Bertz CT molecular complexity index is 949. The van der Waals surface area contributed by atoms with Gasteiger partial charge < -0.3 is 0 Å². The molecule has 0 unspecified atom stereocenters. The zero-order chi connectivity index (χ0) is 17.0. The van der Waals surface area contributed by atoms with Gasteiger partial charge in [-0.3, -0.25) is 4.68 Å². The first-order valence-electron chi connectivity index (χ1n) is 7.57. The third kappa shape index (κ3) is 2.56. The molecule has 0 saturated heterocycles. The van der Waals surface area contributed by atoms with Crippen LogP contribution in [0.15, 0.2) is 24.3 Å². The molecule has 1 fully saturated rings. The number of aromatic nitrogens is 3. The maximum Gasteiger partial charge on any atom is 0.264 e. The largest absolute Gasteiger partial charge is 0.264 e. The molecule has 7 heteroatoms. The Labute approximate surface area is 147 Å². The molecule has 3 nitrogen and oxygen atoms in total. The number of halogens is 4. The van der Waals surface area contributed by atoms with Crippen molar-refractivity contribution in [3.63, 3.8) is 0 Å². The molecule has 1 aliphatic carbocycles. The first-order valence-corrected chi connectivity index (χ1v) is 8.32. The number of hydrogen-bond donors (Lipinski definition) is 0. The SMILES string of the molecule is Cn1nc(C2CC2)c2c(C(F)F)cc(-c3ccc(Cl)c(Cl)c3)nc21. The van der Waals surface area contributed by atoms with Crippen LogP contribution in [0.2, 0.25) is 10.0 Å². The Hall–Kier alpha value is -1.72. The quantitative estimate of drug-likeness (QED) is 0.589. The second kappa shape index (κ2) is 5.67. The van der Waals surface area contributed by atoms with Crippen molar-refractivity contribution in [2.24, 2.45) is 7.05 Å². The Balaban J connectivity index is 1.98. The highest BCUT2D eigenvalue weighted by Gasteiger charge is 2.32. The molecule has 2 heterocycles. The van der Waals surface area contributed by atoms with Gasteiger partial charge in [0, 0.05) is 24.1 Å². The zero-order valence-electron chi connectivity index (χ0n) is 12.7. The standard InChI is InChI=1S/C17H13Cl2F2N3/c1-24-17-14(15(23-24)8-2-3-8)10(16(20)21)7-13(22-17)9-4-5-11(18)12(19)6-9/h4-8,16H,2-3H2,1H3. The van der Waals surface area contributed by atoms with Crippen LogP contribution in [-0.4, -0.2) is 14.8 Å². The molecule has 0 atom stereocenters. The summed E-state index contributed by atoms with van der Waals surface area (Å²) in [5.41, 5.74) is 2.24. The van der Waals surface area contributed by atoms with Gasteiger partial charge in [-0.25, -0.2) is 13.8 Å². The van der Waals surface area contributed by atoms with Gasteiger partial charge in [-0.05, 0) is 31.0 Å². The van der Waals surface area contributed by atoms with Crippen LogP contribution in [0.3, 0.4) is 0 Å². The molecule has 0 aliphatic heterocycles. The number of hydrogen-bond acceptors (Lipinski definition) is 2. The van der Waals surface area contributed by atoms with E-state index in [0.717, 1.165) is 18.5 Å². The fraction of sp³-hybridized carbons (Fsp3) is 0.294. The van der Waals surface area contributed by atoms with Gasteiger partial charge in [0.25, 0.3) is 6.43 Å². The lowest BCUT2D eigenvalue weighted by Gasteiger charge is -2.09. The Morgan fingerprint density at radius 1 is 1.17 bits per heavy atom. The summed E-state index contributed by atoms with van der Waals surface area (Å²) in [6.07, 6.45) is -0.620. The number of benzene rings is 1. The third-order valence-corrected chi connectivity index (χ3v) is 5.00. The molecule has 4 rings (SSSR count). The summed E-state index contributed by atoms with van der Waals surface area (Å²) in [6, 6.07) is 6.41. The van der Waals surface area contributed by atoms with Crippen LogP contribution in [0.4, 0.5) is 8.78 Å². The van der Waals surface area contributed by atoms with E-state index in [2.05, 4.69) is 10.1 Å². The molecule has 0 radical (unpaired) electrons. The monoisotopic (exact) mass is 367 g/mol. The predicted octanol–water partition coefficient (Wildman–Crippen LogP) is 5.76. The molecule has 1 aliphatic rings. The fourth-order valence-corrected chi connectivity index (χ4v) is 3.22. The van der Waals surface area contributed by atoms with Crippen molar-refractivity contribution in [2.75, 3.05) is 0 Å². The Morgan fingerprint density at radius 3 is 2.54 bits per heavy atom. The number of fused-ring (bicyclic) bond motifs is 1. The van der Waals surface area contributed by atoms with E-state index >= 15 is 0 Å². The number of nitrogens with zero attached hydrogens (tertiary/aromatic N) is 3. The first-order chi connectivity index (χ1) is 11.5. The minimum atomic E-state index is -2.60. The lowest BCUT2D eigenvalue weighted by atomic mass is 10.0. The van der Waals surface area contributed by atoms with E-state index in [4.69, 9.17) is 23.2 Å². The van der Waals surface area contributed by atoms with Gasteiger partial charge in [0.05, 0.1) is 26.8 Å². The van der Waals surface area contributed by atoms with Gasteiger partial charge in [0.2, 0.25) is 0 Å². The van der Waals surface area contributed by atoms with E-state index in [-0.39, 0.29) is 11.5 Å². The van der Waals surface area contributed by atoms with Crippen LogP contribution >= 0.6 is 23.2 Å². The molecule has 1 saturated carbocycles. The van der Waals surface area contributed by atoms with Crippen molar-refractivity contribution in [3.05, 3.63) is 45.6 Å². The molecular weight excluding hydrogens is 355 g/mol. The summed E-state index contributed by atoms with van der Waals surface area (Å²) < 4.78 is 29.0. The minimum Gasteiger partial charge on any atom is -0.250 e. The van der Waals surface area contributed by atoms with E-state index in [9.17, 15) is 8.78 Å². The van der Waals surface area contributed by atoms with Gasteiger partial charge in [-0.2, -0.15) is 5.10 Å². The van der Waals surface area contributed by atoms with Crippen LogP contribution in [0.1, 0.15) is 36.4 Å². The highest BCUT2D eigenvalue weighted by Crippen LogP contribution is 2.45. The van der Waals surface area contributed by atoms with Gasteiger partial charge in [-0.15, -0.1) is 0 Å². The summed E-state index contributed by atoms with van der Waals surface area (Å²) in [6.45, 7) is 0. The number of rotatable bonds is 3. The van der Waals surface area contributed by atoms with Gasteiger partial charge in [0.15, 0.2) is 5.65 Å². The lowest BCUT2D eigenvalue weighted by molar-refractivity contribution is 0.153. The minimum absolute atomic E-state index is 0.0314. The average Bonchev–Trinajstić information content (AvgIpc) is 3.34. The van der Waals surface area contributed by atoms with Crippen LogP contribution in [0.5, 0.6) is 0 Å². The second-order valence-electron chi connectivity index (χ2n) is 6.01. The Morgan fingerprint density at radius 2 is 1.92 bits per heavy atom. The maximum atomic E-state index is 13.7. The molecule has 124 valence electrons. The van der Waals surface area contributed by atoms with E-state index in [0.29, 0.717) is 32.3 Å². The average molecular weight is 368 g/mol. The maximum absolute atomic E-state index is 13.7. The smallest absolute Gasteiger partial charge is 0.250 e. The molecule has 0 bridgehead atoms. The highest BCUT2D eigenvalue weighted by atomic mass is 35.5. The molecule has 24 heavy (non-hydrogen) atoms. The summed E-state index contributed by atoms with van der Waals surface area (Å²) in [4.78, 5) is 4.56. The van der Waals surface area contributed by atoms with E-state index in [1.165, 1.54) is 6.07 Å². The van der Waals surface area contributed by atoms with Crippen LogP contribution < -0.4 is 0 Å². The second-order valence-corrected chi connectivity index (χ2v) is 6.82. The molecule has 2 aromatic heterocycles. The van der Waals surface area contributed by atoms with Crippen molar-refractivity contribution in [1.82, 2.24) is 14.8 Å². The number of pyridine rings is 1. The fourth-order valence-electron chi connectivity index (χ4n) is 2.92. The highest BCUT2D eigenvalue weighted by molar-refractivity contribution is 6.42. The predicted molar refractivity (Wildman–Crippen MR) is 90.9 cm³/mol. The third-order valence-electron chi connectivity index (χ3n) is 4.27.